The van der Waals surface area contributed by atoms with Crippen LogP contribution in [-0.4, -0.2) is 37.2 Å². The molecule has 2 atom stereocenters. The Bertz CT molecular complexity index is 916. The molecule has 0 aromatic heterocycles. The highest BCUT2D eigenvalue weighted by atomic mass is 16.6. The van der Waals surface area contributed by atoms with E-state index in [0.717, 1.165) is 75.5 Å². The Balaban J connectivity index is 4.33. The third-order valence-electron chi connectivity index (χ3n) is 12.3. The van der Waals surface area contributed by atoms with Crippen molar-refractivity contribution in [3.8, 4) is 0 Å². The van der Waals surface area contributed by atoms with Gasteiger partial charge < -0.3 is 14.2 Å². The van der Waals surface area contributed by atoms with Crippen LogP contribution in [-0.2, 0) is 28.6 Å². The molecule has 0 aromatic rings. The van der Waals surface area contributed by atoms with Crippen molar-refractivity contribution in [3.63, 3.8) is 0 Å². The van der Waals surface area contributed by atoms with E-state index in [1.54, 1.807) is 0 Å². The predicted molar refractivity (Wildman–Crippen MR) is 252 cm³/mol. The first-order chi connectivity index (χ1) is 28.6. The van der Waals surface area contributed by atoms with Gasteiger partial charge in [0.25, 0.3) is 0 Å². The fourth-order valence-electron chi connectivity index (χ4n) is 7.91. The predicted octanol–water partition coefficient (Wildman–Crippen LogP) is 16.8. The van der Waals surface area contributed by atoms with Gasteiger partial charge >= 0.3 is 17.9 Å². The van der Waals surface area contributed by atoms with Crippen LogP contribution in [0.4, 0.5) is 0 Å². The van der Waals surface area contributed by atoms with E-state index in [9.17, 15) is 14.4 Å². The summed E-state index contributed by atoms with van der Waals surface area (Å²) in [6.45, 7) is 13.7. The Morgan fingerprint density at radius 2 is 0.593 bits per heavy atom. The second kappa shape index (κ2) is 44.5. The van der Waals surface area contributed by atoms with Crippen LogP contribution in [0.1, 0.15) is 286 Å². The molecule has 0 aliphatic carbocycles. The van der Waals surface area contributed by atoms with E-state index in [4.69, 9.17) is 14.2 Å². The van der Waals surface area contributed by atoms with Crippen molar-refractivity contribution >= 4 is 17.9 Å². The molecule has 0 N–H and O–H groups in total. The van der Waals surface area contributed by atoms with Crippen molar-refractivity contribution < 1.29 is 28.6 Å². The summed E-state index contributed by atoms with van der Waals surface area (Å²) in [6, 6.07) is 0. The fourth-order valence-corrected chi connectivity index (χ4v) is 7.91. The van der Waals surface area contributed by atoms with Crippen LogP contribution in [0.2, 0.25) is 0 Å². The van der Waals surface area contributed by atoms with Gasteiger partial charge in [-0.2, -0.15) is 0 Å². The second-order valence-corrected chi connectivity index (χ2v) is 19.4. The van der Waals surface area contributed by atoms with Gasteiger partial charge in [-0.25, -0.2) is 0 Å². The summed E-state index contributed by atoms with van der Waals surface area (Å²) < 4.78 is 16.8. The highest BCUT2D eigenvalue weighted by Crippen LogP contribution is 2.18. The lowest BCUT2D eigenvalue weighted by Crippen LogP contribution is -2.30. The van der Waals surface area contributed by atoms with Crippen LogP contribution in [0.3, 0.4) is 0 Å². The van der Waals surface area contributed by atoms with Crippen LogP contribution < -0.4 is 0 Å². The summed E-state index contributed by atoms with van der Waals surface area (Å²) in [6.07, 6.45) is 43.7. The first-order valence-electron chi connectivity index (χ1n) is 26.1. The van der Waals surface area contributed by atoms with E-state index in [2.05, 4.69) is 41.5 Å². The zero-order valence-electron chi connectivity index (χ0n) is 40.5. The normalized spacial score (nSPS) is 12.6. The lowest BCUT2D eigenvalue weighted by molar-refractivity contribution is -0.167. The lowest BCUT2D eigenvalue weighted by atomic mass is 9.99. The summed E-state index contributed by atoms with van der Waals surface area (Å²) in [7, 11) is 0. The molecule has 0 amide bonds. The van der Waals surface area contributed by atoms with Crippen molar-refractivity contribution in [3.05, 3.63) is 0 Å². The highest BCUT2D eigenvalue weighted by molar-refractivity contribution is 5.71. The summed E-state index contributed by atoms with van der Waals surface area (Å²) in [5, 5.41) is 0. The standard InChI is InChI=1S/C53H102O6/c1-7-49(6)41-35-29-23-19-20-25-31-37-43-52(55)58-46-50(45-57-51(54)42-36-30-24-17-14-13-16-22-28-34-40-48(4)5)59-53(56)44-38-32-26-18-12-10-8-9-11-15-21-27-33-39-47(2)3/h47-50H,7-46H2,1-6H3/t49?,50-/m0/s1. The maximum Gasteiger partial charge on any atom is 0.306 e. The molecule has 350 valence electrons. The number of esters is 3. The number of rotatable bonds is 46. The largest absolute Gasteiger partial charge is 0.462 e. The van der Waals surface area contributed by atoms with Gasteiger partial charge in [0, 0.05) is 19.3 Å². The fraction of sp³-hybridized carbons (Fsp3) is 0.943. The van der Waals surface area contributed by atoms with E-state index < -0.39 is 6.10 Å². The summed E-state index contributed by atoms with van der Waals surface area (Å²) in [5.74, 6) is 1.65. The van der Waals surface area contributed by atoms with Crippen LogP contribution in [0.25, 0.3) is 0 Å². The summed E-state index contributed by atoms with van der Waals surface area (Å²) in [5.41, 5.74) is 0. The molecule has 0 rings (SSSR count). The van der Waals surface area contributed by atoms with Crippen LogP contribution in [0.5, 0.6) is 0 Å². The van der Waals surface area contributed by atoms with Gasteiger partial charge in [-0.15, -0.1) is 0 Å². The average molecular weight is 835 g/mol. The Labute approximate surface area is 368 Å². The zero-order chi connectivity index (χ0) is 43.4. The number of carbonyl (C=O) groups excluding carboxylic acids is 3. The summed E-state index contributed by atoms with van der Waals surface area (Å²) in [4.78, 5) is 38.0. The van der Waals surface area contributed by atoms with E-state index in [-0.39, 0.29) is 31.1 Å². The van der Waals surface area contributed by atoms with Crippen LogP contribution >= 0.6 is 0 Å². The third-order valence-corrected chi connectivity index (χ3v) is 12.3. The minimum atomic E-state index is -0.763. The number of hydrogen-bond acceptors (Lipinski definition) is 6. The monoisotopic (exact) mass is 835 g/mol. The van der Waals surface area contributed by atoms with Crippen molar-refractivity contribution in [2.45, 2.75) is 292 Å². The minimum Gasteiger partial charge on any atom is -0.462 e. The van der Waals surface area contributed by atoms with Gasteiger partial charge in [0.2, 0.25) is 0 Å². The SMILES string of the molecule is CCC(C)CCCCCCCCCCC(=O)OC[C@H](COC(=O)CCCCCCCCCCCCC(C)C)OC(=O)CCCCCCCCCCCCCCCC(C)C. The molecule has 0 aromatic carbocycles. The lowest BCUT2D eigenvalue weighted by Gasteiger charge is -2.18. The van der Waals surface area contributed by atoms with Crippen molar-refractivity contribution in [2.75, 3.05) is 13.2 Å². The van der Waals surface area contributed by atoms with Gasteiger partial charge in [0.1, 0.15) is 13.2 Å². The molecule has 6 nitrogen and oxygen atoms in total. The van der Waals surface area contributed by atoms with E-state index in [1.165, 1.54) is 167 Å². The molecule has 0 heterocycles. The summed E-state index contributed by atoms with van der Waals surface area (Å²) >= 11 is 0. The molecule has 0 aliphatic heterocycles. The molecule has 0 radical (unpaired) electrons. The van der Waals surface area contributed by atoms with Crippen molar-refractivity contribution in [1.82, 2.24) is 0 Å². The number of hydrogen-bond donors (Lipinski definition) is 0. The Kier molecular flexibility index (Phi) is 43.3. The van der Waals surface area contributed by atoms with Crippen molar-refractivity contribution in [1.29, 1.82) is 0 Å². The van der Waals surface area contributed by atoms with Gasteiger partial charge in [0.15, 0.2) is 6.10 Å². The molecular formula is C53H102O6. The molecule has 59 heavy (non-hydrogen) atoms. The molecule has 0 bridgehead atoms. The van der Waals surface area contributed by atoms with Crippen LogP contribution in [0.15, 0.2) is 0 Å². The Hall–Kier alpha value is -1.59. The van der Waals surface area contributed by atoms with Crippen molar-refractivity contribution in [2.24, 2.45) is 17.8 Å². The molecule has 0 saturated carbocycles. The quantitative estimate of drug-likeness (QED) is 0.0345. The topological polar surface area (TPSA) is 78.9 Å². The third kappa shape index (κ3) is 45.8. The second-order valence-electron chi connectivity index (χ2n) is 19.4. The van der Waals surface area contributed by atoms with E-state index >= 15 is 0 Å². The molecule has 1 unspecified atom stereocenters. The molecule has 0 aliphatic rings. The van der Waals surface area contributed by atoms with Gasteiger partial charge in [-0.3, -0.25) is 14.4 Å². The molecule has 6 heteroatoms. The maximum atomic E-state index is 12.8. The first-order valence-corrected chi connectivity index (χ1v) is 26.1. The maximum absolute atomic E-state index is 12.8. The highest BCUT2D eigenvalue weighted by Gasteiger charge is 2.19. The number of unbranched alkanes of at least 4 members (excludes halogenated alkanes) is 28. The first kappa shape index (κ1) is 57.4. The van der Waals surface area contributed by atoms with Gasteiger partial charge in [0.05, 0.1) is 0 Å². The van der Waals surface area contributed by atoms with Crippen LogP contribution in [0, 0.1) is 17.8 Å². The minimum absolute atomic E-state index is 0.0650. The van der Waals surface area contributed by atoms with E-state index in [1.807, 2.05) is 0 Å². The molecular weight excluding hydrogens is 733 g/mol. The van der Waals surface area contributed by atoms with Gasteiger partial charge in [-0.1, -0.05) is 247 Å². The van der Waals surface area contributed by atoms with E-state index in [0.29, 0.717) is 19.3 Å². The molecule has 0 fully saturated rings. The average Bonchev–Trinajstić information content (AvgIpc) is 3.20. The molecule has 0 spiro atoms. The number of ether oxygens (including phenoxy) is 3. The van der Waals surface area contributed by atoms with Gasteiger partial charge in [-0.05, 0) is 37.0 Å². The Morgan fingerprint density at radius 3 is 0.881 bits per heavy atom. The Morgan fingerprint density at radius 1 is 0.339 bits per heavy atom. The molecule has 0 saturated heterocycles. The number of carbonyl (C=O) groups is 3. The smallest absolute Gasteiger partial charge is 0.306 e. The zero-order valence-corrected chi connectivity index (χ0v) is 40.5.